The molecule has 1 aromatic heterocycles. The Morgan fingerprint density at radius 1 is 1.21 bits per heavy atom. The molecule has 1 fully saturated rings. The van der Waals surface area contributed by atoms with Gasteiger partial charge in [0.15, 0.2) is 0 Å². The minimum atomic E-state index is -0.853. The second kappa shape index (κ2) is 4.52. The molecule has 5 nitrogen and oxygen atoms in total. The van der Waals surface area contributed by atoms with Gasteiger partial charge in [0.25, 0.3) is 0 Å². The van der Waals surface area contributed by atoms with Crippen LogP contribution in [0.15, 0.2) is 12.1 Å². The molecule has 102 valence electrons. The van der Waals surface area contributed by atoms with Crippen LogP contribution in [0.3, 0.4) is 0 Å². The van der Waals surface area contributed by atoms with Gasteiger partial charge in [0.05, 0.1) is 33.2 Å². The van der Waals surface area contributed by atoms with Crippen LogP contribution in [-0.2, 0) is 0 Å². The van der Waals surface area contributed by atoms with Gasteiger partial charge in [-0.3, -0.25) is 0 Å². The predicted octanol–water partition coefficient (Wildman–Crippen LogP) is 1.98. The summed E-state index contributed by atoms with van der Waals surface area (Å²) in [6, 6.07) is 3.03. The van der Waals surface area contributed by atoms with Crippen molar-refractivity contribution in [1.82, 2.24) is 9.55 Å². The Labute approximate surface area is 119 Å². The van der Waals surface area contributed by atoms with Crippen LogP contribution in [0, 0.1) is 0 Å². The zero-order valence-electron chi connectivity index (χ0n) is 9.92. The molecule has 0 spiro atoms. The number of nitrogen functional groups attached to an aromatic ring is 1. The molecule has 3 atom stereocenters. The lowest BCUT2D eigenvalue weighted by molar-refractivity contribution is 0.0246. The maximum atomic E-state index is 10.0. The molecule has 3 rings (SSSR count). The van der Waals surface area contributed by atoms with Crippen molar-refractivity contribution in [3.05, 3.63) is 22.2 Å². The Hall–Kier alpha value is -1.01. The van der Waals surface area contributed by atoms with E-state index in [4.69, 9.17) is 28.9 Å². The molecule has 7 heteroatoms. The van der Waals surface area contributed by atoms with E-state index in [2.05, 4.69) is 4.98 Å². The van der Waals surface area contributed by atoms with Crippen LogP contribution in [0.25, 0.3) is 11.0 Å². The third kappa shape index (κ3) is 1.97. The molecule has 4 N–H and O–H groups in total. The van der Waals surface area contributed by atoms with E-state index in [-0.39, 0.29) is 12.0 Å². The number of aliphatic hydroxyl groups is 2. The average molecular weight is 302 g/mol. The van der Waals surface area contributed by atoms with E-state index >= 15 is 0 Å². The molecule has 0 saturated heterocycles. The van der Waals surface area contributed by atoms with E-state index < -0.39 is 12.2 Å². The van der Waals surface area contributed by atoms with Gasteiger partial charge in [-0.25, -0.2) is 4.98 Å². The quantitative estimate of drug-likeness (QED) is 0.752. The van der Waals surface area contributed by atoms with Gasteiger partial charge in [0.1, 0.15) is 6.10 Å². The van der Waals surface area contributed by atoms with Crippen molar-refractivity contribution in [2.24, 2.45) is 0 Å². The van der Waals surface area contributed by atoms with E-state index in [1.165, 1.54) is 0 Å². The van der Waals surface area contributed by atoms with Crippen LogP contribution in [-0.4, -0.2) is 32.0 Å². The average Bonchev–Trinajstić information content (AvgIpc) is 2.82. The van der Waals surface area contributed by atoms with Crippen molar-refractivity contribution in [1.29, 1.82) is 0 Å². The Balaban J connectivity index is 2.18. The molecule has 1 aromatic carbocycles. The summed E-state index contributed by atoms with van der Waals surface area (Å²) < 4.78 is 1.72. The van der Waals surface area contributed by atoms with Gasteiger partial charge >= 0.3 is 0 Å². The highest BCUT2D eigenvalue weighted by Gasteiger charge is 2.36. The van der Waals surface area contributed by atoms with Gasteiger partial charge in [0, 0.05) is 0 Å². The maximum absolute atomic E-state index is 10.0. The molecular formula is C12H13Cl2N3O2. The first-order chi connectivity index (χ1) is 8.99. The number of nitrogens with two attached hydrogens (primary N) is 1. The van der Waals surface area contributed by atoms with Crippen molar-refractivity contribution in [3.63, 3.8) is 0 Å². The number of halogens is 2. The maximum Gasteiger partial charge on any atom is 0.201 e. The fraction of sp³-hybridized carbons (Fsp3) is 0.417. The van der Waals surface area contributed by atoms with Crippen molar-refractivity contribution in [2.45, 2.75) is 31.1 Å². The third-order valence-corrected chi connectivity index (χ3v) is 4.36. The summed E-state index contributed by atoms with van der Waals surface area (Å²) in [6.45, 7) is 0. The van der Waals surface area contributed by atoms with Crippen LogP contribution in [0.4, 0.5) is 5.95 Å². The summed E-state index contributed by atoms with van der Waals surface area (Å²) in [5.74, 6) is 0.284. The first-order valence-corrected chi connectivity index (χ1v) is 6.73. The fourth-order valence-corrected chi connectivity index (χ4v) is 2.99. The minimum absolute atomic E-state index is 0.284. The molecule has 1 saturated carbocycles. The molecule has 1 heterocycles. The van der Waals surface area contributed by atoms with Crippen molar-refractivity contribution >= 4 is 40.2 Å². The highest BCUT2D eigenvalue weighted by molar-refractivity contribution is 6.42. The molecule has 0 radical (unpaired) electrons. The summed E-state index contributed by atoms with van der Waals surface area (Å²) in [5, 5.41) is 20.5. The Morgan fingerprint density at radius 3 is 2.53 bits per heavy atom. The van der Waals surface area contributed by atoms with Crippen LogP contribution in [0.1, 0.15) is 18.9 Å². The van der Waals surface area contributed by atoms with Gasteiger partial charge in [-0.05, 0) is 25.0 Å². The highest BCUT2D eigenvalue weighted by Crippen LogP contribution is 2.37. The molecule has 2 aromatic rings. The molecule has 1 aliphatic rings. The number of fused-ring (bicyclic) bond motifs is 1. The monoisotopic (exact) mass is 301 g/mol. The second-order valence-electron chi connectivity index (χ2n) is 4.80. The standard InChI is InChI=1S/C12H13Cl2N3O2/c13-5-3-7-9(4-6(5)14)17(12(15)16-7)8-1-2-10(18)11(8)19/h3-4,8,10-11,18-19H,1-2H2,(H2,15,16)/t8-,10?,11?/m1/s1. The SMILES string of the molecule is Nc1nc2cc(Cl)c(Cl)cc2n1[C@@H]1CCC(O)C1O. The molecule has 2 unspecified atom stereocenters. The molecule has 0 bridgehead atoms. The summed E-state index contributed by atoms with van der Waals surface area (Å²) in [5.41, 5.74) is 7.25. The summed E-state index contributed by atoms with van der Waals surface area (Å²) >= 11 is 12.0. The number of benzene rings is 1. The predicted molar refractivity (Wildman–Crippen MR) is 74.5 cm³/mol. The number of hydrogen-bond donors (Lipinski definition) is 3. The number of rotatable bonds is 1. The highest BCUT2D eigenvalue weighted by atomic mass is 35.5. The lowest BCUT2D eigenvalue weighted by Crippen LogP contribution is -2.27. The summed E-state index contributed by atoms with van der Waals surface area (Å²) in [7, 11) is 0. The molecule has 1 aliphatic carbocycles. The zero-order valence-corrected chi connectivity index (χ0v) is 11.4. The van der Waals surface area contributed by atoms with Gasteiger partial charge in [-0.1, -0.05) is 23.2 Å². The largest absolute Gasteiger partial charge is 0.390 e. The van der Waals surface area contributed by atoms with Crippen molar-refractivity contribution in [3.8, 4) is 0 Å². The molecule has 0 aliphatic heterocycles. The molecule has 0 amide bonds. The van der Waals surface area contributed by atoms with Crippen LogP contribution < -0.4 is 5.73 Å². The fourth-order valence-electron chi connectivity index (χ4n) is 2.68. The summed E-state index contributed by atoms with van der Waals surface area (Å²) in [6.07, 6.45) is -0.413. The van der Waals surface area contributed by atoms with Gasteiger partial charge in [-0.2, -0.15) is 0 Å². The zero-order chi connectivity index (χ0) is 13.7. The van der Waals surface area contributed by atoms with Crippen LogP contribution in [0.2, 0.25) is 10.0 Å². The van der Waals surface area contributed by atoms with Gasteiger partial charge in [0.2, 0.25) is 5.95 Å². The molecular weight excluding hydrogens is 289 g/mol. The first kappa shape index (κ1) is 13.0. The van der Waals surface area contributed by atoms with Gasteiger partial charge in [-0.15, -0.1) is 0 Å². The number of aliphatic hydroxyl groups excluding tert-OH is 2. The lowest BCUT2D eigenvalue weighted by atomic mass is 10.2. The number of hydrogen-bond acceptors (Lipinski definition) is 4. The topological polar surface area (TPSA) is 84.3 Å². The van der Waals surface area contributed by atoms with Crippen molar-refractivity contribution < 1.29 is 10.2 Å². The van der Waals surface area contributed by atoms with E-state index in [0.29, 0.717) is 33.9 Å². The van der Waals surface area contributed by atoms with Crippen molar-refractivity contribution in [2.75, 3.05) is 5.73 Å². The number of aromatic nitrogens is 2. The number of anilines is 1. The Morgan fingerprint density at radius 2 is 1.89 bits per heavy atom. The van der Waals surface area contributed by atoms with Crippen LogP contribution in [0.5, 0.6) is 0 Å². The lowest BCUT2D eigenvalue weighted by Gasteiger charge is -2.20. The normalized spacial score (nSPS) is 27.3. The first-order valence-electron chi connectivity index (χ1n) is 5.97. The minimum Gasteiger partial charge on any atom is -0.390 e. The number of nitrogens with zero attached hydrogens (tertiary/aromatic N) is 2. The smallest absolute Gasteiger partial charge is 0.201 e. The van der Waals surface area contributed by atoms with E-state index in [1.54, 1.807) is 16.7 Å². The molecule has 19 heavy (non-hydrogen) atoms. The van der Waals surface area contributed by atoms with Crippen LogP contribution >= 0.6 is 23.2 Å². The Kier molecular flexibility index (Phi) is 3.09. The van der Waals surface area contributed by atoms with E-state index in [1.807, 2.05) is 0 Å². The summed E-state index contributed by atoms with van der Waals surface area (Å²) in [4.78, 5) is 4.22. The number of imidazole rings is 1. The Bertz CT molecular complexity index is 643. The second-order valence-corrected chi connectivity index (χ2v) is 5.61. The van der Waals surface area contributed by atoms with E-state index in [0.717, 1.165) is 0 Å². The third-order valence-electron chi connectivity index (χ3n) is 3.64. The van der Waals surface area contributed by atoms with E-state index in [9.17, 15) is 10.2 Å². The van der Waals surface area contributed by atoms with Gasteiger partial charge < -0.3 is 20.5 Å².